The smallest absolute Gasteiger partial charge is 0.242 e. The summed E-state index contributed by atoms with van der Waals surface area (Å²) in [6.45, 7) is 3.39. The number of aromatic nitrogens is 1. The number of amides is 2. The van der Waals surface area contributed by atoms with Crippen LogP contribution in [0.5, 0.6) is 0 Å². The van der Waals surface area contributed by atoms with E-state index in [2.05, 4.69) is 20.5 Å². The lowest BCUT2D eigenvalue weighted by molar-refractivity contribution is -0.125. The Morgan fingerprint density at radius 3 is 3.00 bits per heavy atom. The van der Waals surface area contributed by atoms with Crippen molar-refractivity contribution < 1.29 is 14.3 Å². The van der Waals surface area contributed by atoms with Gasteiger partial charge in [-0.25, -0.2) is 4.98 Å². The van der Waals surface area contributed by atoms with Gasteiger partial charge in [0.1, 0.15) is 11.9 Å². The first-order valence-corrected chi connectivity index (χ1v) is 7.58. The number of ether oxygens (including phenoxy) is 1. The van der Waals surface area contributed by atoms with E-state index < -0.39 is 6.04 Å². The average molecular weight is 304 g/mol. The second-order valence-corrected chi connectivity index (χ2v) is 5.46. The number of anilines is 1. The molecule has 3 heterocycles. The molecule has 0 spiro atoms. The first kappa shape index (κ1) is 14.8. The van der Waals surface area contributed by atoms with E-state index in [1.54, 1.807) is 6.20 Å². The summed E-state index contributed by atoms with van der Waals surface area (Å²) in [4.78, 5) is 29.9. The molecule has 0 saturated carbocycles. The van der Waals surface area contributed by atoms with Crippen LogP contribution in [0.3, 0.4) is 0 Å². The van der Waals surface area contributed by atoms with E-state index in [1.807, 2.05) is 12.1 Å². The summed E-state index contributed by atoms with van der Waals surface area (Å²) < 4.78 is 5.36. The molecule has 0 radical (unpaired) electrons. The predicted octanol–water partition coefficient (Wildman–Crippen LogP) is -0.187. The molecule has 2 fully saturated rings. The Morgan fingerprint density at radius 2 is 2.27 bits per heavy atom. The van der Waals surface area contributed by atoms with Gasteiger partial charge in [-0.15, -0.1) is 0 Å². The highest BCUT2D eigenvalue weighted by molar-refractivity contribution is 5.90. The van der Waals surface area contributed by atoms with Gasteiger partial charge in [-0.3, -0.25) is 9.59 Å². The standard InChI is InChI=1S/C15H20N4O3/c20-13-4-3-12(18-13)15(21)17-10-11-2-1-5-16-14(11)19-6-8-22-9-7-19/h1-2,5,12H,3-4,6-10H2,(H,17,21)(H,18,20). The lowest BCUT2D eigenvalue weighted by atomic mass is 10.2. The molecule has 118 valence electrons. The minimum absolute atomic E-state index is 0.0597. The van der Waals surface area contributed by atoms with Gasteiger partial charge in [-0.1, -0.05) is 6.07 Å². The molecule has 2 amide bonds. The van der Waals surface area contributed by atoms with Crippen LogP contribution in [0.2, 0.25) is 0 Å². The quantitative estimate of drug-likeness (QED) is 0.806. The maximum absolute atomic E-state index is 12.1. The molecule has 0 aromatic carbocycles. The molecule has 3 rings (SSSR count). The second kappa shape index (κ2) is 6.74. The molecule has 1 unspecified atom stereocenters. The van der Waals surface area contributed by atoms with Gasteiger partial charge < -0.3 is 20.3 Å². The lowest BCUT2D eigenvalue weighted by Gasteiger charge is -2.29. The van der Waals surface area contributed by atoms with Crippen LogP contribution in [0, 0.1) is 0 Å². The Bertz CT molecular complexity index is 557. The normalized spacial score (nSPS) is 21.5. The summed E-state index contributed by atoms with van der Waals surface area (Å²) in [5, 5.41) is 5.56. The van der Waals surface area contributed by atoms with E-state index >= 15 is 0 Å². The molecule has 1 aromatic rings. The number of carbonyl (C=O) groups is 2. The zero-order valence-electron chi connectivity index (χ0n) is 12.4. The van der Waals surface area contributed by atoms with Gasteiger partial charge in [0.05, 0.1) is 13.2 Å². The maximum atomic E-state index is 12.1. The van der Waals surface area contributed by atoms with Gasteiger partial charge in [0.15, 0.2) is 0 Å². The van der Waals surface area contributed by atoms with Crippen LogP contribution in [0.4, 0.5) is 5.82 Å². The summed E-state index contributed by atoms with van der Waals surface area (Å²) in [5.41, 5.74) is 0.974. The van der Waals surface area contributed by atoms with Crippen molar-refractivity contribution in [3.63, 3.8) is 0 Å². The van der Waals surface area contributed by atoms with Crippen LogP contribution in [0.25, 0.3) is 0 Å². The van der Waals surface area contributed by atoms with Crippen LogP contribution in [0.15, 0.2) is 18.3 Å². The maximum Gasteiger partial charge on any atom is 0.242 e. The minimum atomic E-state index is -0.406. The summed E-state index contributed by atoms with van der Waals surface area (Å²) in [6.07, 6.45) is 2.74. The SMILES string of the molecule is O=C1CCC(C(=O)NCc2cccnc2N2CCOCC2)N1. The van der Waals surface area contributed by atoms with Crippen LogP contribution < -0.4 is 15.5 Å². The van der Waals surface area contributed by atoms with Gasteiger partial charge in [0.2, 0.25) is 11.8 Å². The molecule has 7 nitrogen and oxygen atoms in total. The van der Waals surface area contributed by atoms with E-state index in [1.165, 1.54) is 0 Å². The number of pyridine rings is 1. The van der Waals surface area contributed by atoms with Gasteiger partial charge in [0, 0.05) is 37.8 Å². The largest absolute Gasteiger partial charge is 0.378 e. The zero-order chi connectivity index (χ0) is 15.4. The third-order valence-electron chi connectivity index (χ3n) is 3.94. The Hall–Kier alpha value is -2.15. The van der Waals surface area contributed by atoms with Crippen molar-refractivity contribution in [1.82, 2.24) is 15.6 Å². The second-order valence-electron chi connectivity index (χ2n) is 5.46. The fourth-order valence-corrected chi connectivity index (χ4v) is 2.74. The number of nitrogens with one attached hydrogen (secondary N) is 2. The third kappa shape index (κ3) is 3.36. The molecule has 2 saturated heterocycles. The summed E-state index contributed by atoms with van der Waals surface area (Å²) in [6, 6.07) is 3.42. The molecule has 2 N–H and O–H groups in total. The first-order chi connectivity index (χ1) is 10.7. The van der Waals surface area contributed by atoms with Gasteiger partial charge in [-0.2, -0.15) is 0 Å². The highest BCUT2D eigenvalue weighted by Gasteiger charge is 2.27. The molecular formula is C15H20N4O3. The number of hydrogen-bond acceptors (Lipinski definition) is 5. The highest BCUT2D eigenvalue weighted by Crippen LogP contribution is 2.18. The number of hydrogen-bond donors (Lipinski definition) is 2. The van der Waals surface area contributed by atoms with E-state index in [0.29, 0.717) is 32.6 Å². The van der Waals surface area contributed by atoms with Crippen LogP contribution in [-0.4, -0.2) is 49.1 Å². The van der Waals surface area contributed by atoms with Gasteiger partial charge >= 0.3 is 0 Å². The van der Waals surface area contributed by atoms with Crippen molar-refractivity contribution in [2.45, 2.75) is 25.4 Å². The Labute approximate surface area is 129 Å². The number of carbonyl (C=O) groups excluding carboxylic acids is 2. The molecule has 7 heteroatoms. The summed E-state index contributed by atoms with van der Waals surface area (Å²) in [5.74, 6) is 0.694. The summed E-state index contributed by atoms with van der Waals surface area (Å²) in [7, 11) is 0. The number of morpholine rings is 1. The molecule has 0 aliphatic carbocycles. The predicted molar refractivity (Wildman–Crippen MR) is 80.3 cm³/mol. The number of rotatable bonds is 4. The van der Waals surface area contributed by atoms with Crippen LogP contribution in [-0.2, 0) is 20.9 Å². The highest BCUT2D eigenvalue weighted by atomic mass is 16.5. The minimum Gasteiger partial charge on any atom is -0.378 e. The van der Waals surface area contributed by atoms with Crippen LogP contribution >= 0.6 is 0 Å². The fourth-order valence-electron chi connectivity index (χ4n) is 2.74. The third-order valence-corrected chi connectivity index (χ3v) is 3.94. The molecule has 2 aliphatic heterocycles. The van der Waals surface area contributed by atoms with Gasteiger partial charge in [-0.05, 0) is 12.5 Å². The van der Waals surface area contributed by atoms with E-state index in [4.69, 9.17) is 4.74 Å². The van der Waals surface area contributed by atoms with Crippen molar-refractivity contribution in [1.29, 1.82) is 0 Å². The average Bonchev–Trinajstić information content (AvgIpc) is 3.00. The molecule has 2 aliphatic rings. The Morgan fingerprint density at radius 1 is 1.45 bits per heavy atom. The summed E-state index contributed by atoms with van der Waals surface area (Å²) >= 11 is 0. The van der Waals surface area contributed by atoms with Crippen molar-refractivity contribution in [3.8, 4) is 0 Å². The number of nitrogens with zero attached hydrogens (tertiary/aromatic N) is 2. The molecule has 1 aromatic heterocycles. The fraction of sp³-hybridized carbons (Fsp3) is 0.533. The van der Waals surface area contributed by atoms with Crippen molar-refractivity contribution in [3.05, 3.63) is 23.9 Å². The molecule has 22 heavy (non-hydrogen) atoms. The van der Waals surface area contributed by atoms with Crippen molar-refractivity contribution in [2.24, 2.45) is 0 Å². The van der Waals surface area contributed by atoms with E-state index in [9.17, 15) is 9.59 Å². The first-order valence-electron chi connectivity index (χ1n) is 7.58. The topological polar surface area (TPSA) is 83.6 Å². The Kier molecular flexibility index (Phi) is 4.53. The zero-order valence-corrected chi connectivity index (χ0v) is 12.4. The van der Waals surface area contributed by atoms with Crippen molar-refractivity contribution in [2.75, 3.05) is 31.2 Å². The lowest BCUT2D eigenvalue weighted by Crippen LogP contribution is -2.42. The van der Waals surface area contributed by atoms with E-state index in [0.717, 1.165) is 24.5 Å². The molecular weight excluding hydrogens is 284 g/mol. The Balaban J connectivity index is 1.62. The molecule has 0 bridgehead atoms. The van der Waals surface area contributed by atoms with Crippen LogP contribution in [0.1, 0.15) is 18.4 Å². The molecule has 1 atom stereocenters. The van der Waals surface area contributed by atoms with E-state index in [-0.39, 0.29) is 11.8 Å². The van der Waals surface area contributed by atoms with Gasteiger partial charge in [0.25, 0.3) is 0 Å². The monoisotopic (exact) mass is 304 g/mol. The van der Waals surface area contributed by atoms with Crippen molar-refractivity contribution >= 4 is 17.6 Å².